The van der Waals surface area contributed by atoms with E-state index in [0.717, 1.165) is 5.69 Å². The highest BCUT2D eigenvalue weighted by molar-refractivity contribution is 7.89. The van der Waals surface area contributed by atoms with Crippen LogP contribution >= 0.6 is 0 Å². The molecule has 0 bridgehead atoms. The second-order valence-electron chi connectivity index (χ2n) is 8.63. The zero-order chi connectivity index (χ0) is 24.7. The summed E-state index contributed by atoms with van der Waals surface area (Å²) in [7, 11) is -0.0816. The molecule has 2 aliphatic heterocycles. The summed E-state index contributed by atoms with van der Waals surface area (Å²) in [4.78, 5) is 25.5. The molecule has 182 valence electrons. The number of aliphatic hydroxyl groups is 1. The molecule has 1 saturated heterocycles. The fraction of sp³-hybridized carbons (Fsp3) is 0.292. The molecule has 0 atom stereocenters. The molecule has 0 saturated carbocycles. The fourth-order valence-electron chi connectivity index (χ4n) is 4.33. The van der Waals surface area contributed by atoms with Crippen molar-refractivity contribution in [2.45, 2.75) is 23.8 Å². The van der Waals surface area contributed by atoms with E-state index in [2.05, 4.69) is 15.3 Å². The van der Waals surface area contributed by atoms with E-state index in [4.69, 9.17) is 0 Å². The number of carbonyl (C=O) groups excluding carboxylic acids is 1. The van der Waals surface area contributed by atoms with E-state index in [1.807, 2.05) is 30.1 Å². The van der Waals surface area contributed by atoms with Crippen molar-refractivity contribution in [2.24, 2.45) is 0 Å². The van der Waals surface area contributed by atoms with Crippen molar-refractivity contribution in [3.8, 4) is 0 Å². The van der Waals surface area contributed by atoms with Crippen LogP contribution in [0.5, 0.6) is 0 Å². The minimum atomic E-state index is -3.62. The second-order valence-corrected chi connectivity index (χ2v) is 10.6. The normalized spacial score (nSPS) is 17.1. The van der Waals surface area contributed by atoms with Crippen molar-refractivity contribution in [3.05, 3.63) is 60.3 Å². The summed E-state index contributed by atoms with van der Waals surface area (Å²) in [5.74, 6) is 0.738. The van der Waals surface area contributed by atoms with Gasteiger partial charge in [-0.2, -0.15) is 9.29 Å². The number of rotatable bonds is 4. The molecular weight excluding hydrogens is 468 g/mol. The Labute approximate surface area is 203 Å². The van der Waals surface area contributed by atoms with Gasteiger partial charge in [-0.1, -0.05) is 12.1 Å². The van der Waals surface area contributed by atoms with Crippen molar-refractivity contribution in [3.63, 3.8) is 0 Å². The van der Waals surface area contributed by atoms with Crippen LogP contribution in [-0.2, 0) is 10.0 Å². The van der Waals surface area contributed by atoms with Crippen LogP contribution in [0.1, 0.15) is 23.2 Å². The SMILES string of the molecule is CN1C(=O)c2ccccc2N(C)c2nc(Nc3ccc(S(=O)(=O)N4CCC(O)CC4)cc3)ncc21. The van der Waals surface area contributed by atoms with Gasteiger partial charge in [-0.15, -0.1) is 0 Å². The number of hydrogen-bond acceptors (Lipinski definition) is 8. The van der Waals surface area contributed by atoms with Gasteiger partial charge in [-0.05, 0) is 49.2 Å². The zero-order valence-electron chi connectivity index (χ0n) is 19.4. The Balaban J connectivity index is 1.39. The summed E-state index contributed by atoms with van der Waals surface area (Å²) in [6.45, 7) is 0.611. The first kappa shape index (κ1) is 23.2. The predicted octanol–water partition coefficient (Wildman–Crippen LogP) is 2.72. The van der Waals surface area contributed by atoms with Gasteiger partial charge in [0.05, 0.1) is 28.4 Å². The number of amides is 1. The maximum atomic E-state index is 12.9. The highest BCUT2D eigenvalue weighted by Crippen LogP contribution is 2.38. The third-order valence-corrected chi connectivity index (χ3v) is 8.31. The third-order valence-electron chi connectivity index (χ3n) is 6.40. The first-order valence-corrected chi connectivity index (χ1v) is 12.7. The monoisotopic (exact) mass is 494 g/mol. The summed E-state index contributed by atoms with van der Waals surface area (Å²) in [6, 6.07) is 13.8. The van der Waals surface area contributed by atoms with Crippen LogP contribution < -0.4 is 15.1 Å². The molecule has 0 aliphatic carbocycles. The van der Waals surface area contributed by atoms with Crippen LogP contribution in [-0.4, -0.2) is 67.0 Å². The van der Waals surface area contributed by atoms with E-state index in [1.54, 1.807) is 43.6 Å². The second kappa shape index (κ2) is 8.91. The lowest BCUT2D eigenvalue weighted by atomic mass is 10.1. The standard InChI is InChI=1S/C24H26N6O4S/c1-28-20-6-4-3-5-19(20)23(32)29(2)21-15-25-24(27-22(21)28)26-16-7-9-18(10-8-16)35(33,34)30-13-11-17(31)12-14-30/h3-10,15,17,31H,11-14H2,1-2H3,(H,25,26,27). The van der Waals surface area contributed by atoms with Crippen molar-refractivity contribution in [1.29, 1.82) is 0 Å². The number of benzene rings is 2. The van der Waals surface area contributed by atoms with Crippen LogP contribution in [0.25, 0.3) is 0 Å². The predicted molar refractivity (Wildman–Crippen MR) is 133 cm³/mol. The number of nitrogens with one attached hydrogen (secondary N) is 1. The van der Waals surface area contributed by atoms with Crippen LogP contribution in [0.15, 0.2) is 59.6 Å². The van der Waals surface area contributed by atoms with Crippen molar-refractivity contribution >= 4 is 44.8 Å². The van der Waals surface area contributed by atoms with Crippen LogP contribution in [0, 0.1) is 0 Å². The molecule has 0 unspecified atom stereocenters. The molecule has 2 aliphatic rings. The molecule has 35 heavy (non-hydrogen) atoms. The van der Waals surface area contributed by atoms with Gasteiger partial charge < -0.3 is 20.2 Å². The Morgan fingerprint density at radius 3 is 2.37 bits per heavy atom. The maximum Gasteiger partial charge on any atom is 0.260 e. The van der Waals surface area contributed by atoms with Gasteiger partial charge in [0.1, 0.15) is 5.69 Å². The highest BCUT2D eigenvalue weighted by Gasteiger charge is 2.30. The van der Waals surface area contributed by atoms with Gasteiger partial charge in [0.2, 0.25) is 16.0 Å². The van der Waals surface area contributed by atoms with Crippen molar-refractivity contribution in [1.82, 2.24) is 14.3 Å². The Hall–Kier alpha value is -3.54. The molecule has 1 amide bonds. The van der Waals surface area contributed by atoms with Crippen molar-refractivity contribution < 1.29 is 18.3 Å². The van der Waals surface area contributed by atoms with E-state index in [9.17, 15) is 18.3 Å². The van der Waals surface area contributed by atoms with E-state index in [0.29, 0.717) is 54.6 Å². The number of anilines is 5. The summed E-state index contributed by atoms with van der Waals surface area (Å²) in [6.07, 6.45) is 2.02. The fourth-order valence-corrected chi connectivity index (χ4v) is 5.80. The highest BCUT2D eigenvalue weighted by atomic mass is 32.2. The van der Waals surface area contributed by atoms with E-state index < -0.39 is 16.1 Å². The number of para-hydroxylation sites is 1. The number of nitrogens with zero attached hydrogens (tertiary/aromatic N) is 5. The largest absolute Gasteiger partial charge is 0.393 e. The average molecular weight is 495 g/mol. The van der Waals surface area contributed by atoms with Gasteiger partial charge in [0.15, 0.2) is 5.82 Å². The average Bonchev–Trinajstić information content (AvgIpc) is 2.94. The molecule has 0 spiro atoms. The van der Waals surface area contributed by atoms with Gasteiger partial charge in [0, 0.05) is 32.9 Å². The number of aromatic nitrogens is 2. The molecule has 11 heteroatoms. The molecule has 3 aromatic rings. The molecule has 3 heterocycles. The minimum Gasteiger partial charge on any atom is -0.393 e. The molecule has 2 N–H and O–H groups in total. The molecule has 5 rings (SSSR count). The lowest BCUT2D eigenvalue weighted by molar-refractivity contribution is 0.0994. The lowest BCUT2D eigenvalue weighted by Crippen LogP contribution is -2.39. The molecule has 10 nitrogen and oxygen atoms in total. The van der Waals surface area contributed by atoms with Crippen LogP contribution in [0.4, 0.5) is 28.8 Å². The van der Waals surface area contributed by atoms with E-state index >= 15 is 0 Å². The Morgan fingerprint density at radius 2 is 1.66 bits per heavy atom. The van der Waals surface area contributed by atoms with Crippen LogP contribution in [0.2, 0.25) is 0 Å². The number of hydrogen-bond donors (Lipinski definition) is 2. The Bertz CT molecular complexity index is 1370. The number of aliphatic hydroxyl groups excluding tert-OH is 1. The van der Waals surface area contributed by atoms with E-state index in [-0.39, 0.29) is 10.8 Å². The minimum absolute atomic E-state index is 0.143. The number of fused-ring (bicyclic) bond motifs is 2. The number of piperidine rings is 1. The van der Waals surface area contributed by atoms with Gasteiger partial charge in [0.25, 0.3) is 5.91 Å². The lowest BCUT2D eigenvalue weighted by Gasteiger charge is -2.28. The number of carbonyl (C=O) groups is 1. The molecule has 2 aromatic carbocycles. The molecule has 1 fully saturated rings. The molecule has 1 aromatic heterocycles. The topological polar surface area (TPSA) is 119 Å². The van der Waals surface area contributed by atoms with Gasteiger partial charge in [-0.25, -0.2) is 13.4 Å². The summed E-state index contributed by atoms with van der Waals surface area (Å²) >= 11 is 0. The Kier molecular flexibility index (Phi) is 5.91. The first-order chi connectivity index (χ1) is 16.8. The summed E-state index contributed by atoms with van der Waals surface area (Å²) < 4.78 is 27.2. The Morgan fingerprint density at radius 1 is 0.971 bits per heavy atom. The quantitative estimate of drug-likeness (QED) is 0.568. The summed E-state index contributed by atoms with van der Waals surface area (Å²) in [5.41, 5.74) is 2.52. The van der Waals surface area contributed by atoms with E-state index in [1.165, 1.54) is 9.21 Å². The zero-order valence-corrected chi connectivity index (χ0v) is 20.2. The first-order valence-electron chi connectivity index (χ1n) is 11.3. The third kappa shape index (κ3) is 4.22. The smallest absolute Gasteiger partial charge is 0.260 e. The van der Waals surface area contributed by atoms with Crippen LogP contribution in [0.3, 0.4) is 0 Å². The van der Waals surface area contributed by atoms with Gasteiger partial charge >= 0.3 is 0 Å². The number of sulfonamides is 1. The molecular formula is C24H26N6O4S. The maximum absolute atomic E-state index is 12.9. The molecule has 0 radical (unpaired) electrons. The van der Waals surface area contributed by atoms with Crippen molar-refractivity contribution in [2.75, 3.05) is 42.3 Å². The van der Waals surface area contributed by atoms with Gasteiger partial charge in [-0.3, -0.25) is 4.79 Å². The summed E-state index contributed by atoms with van der Waals surface area (Å²) in [5, 5.41) is 12.8.